The fraction of sp³-hybridized carbons (Fsp3) is 0.389. The van der Waals surface area contributed by atoms with Crippen LogP contribution in [0.1, 0.15) is 25.5 Å². The van der Waals surface area contributed by atoms with Crippen LogP contribution in [-0.4, -0.2) is 24.2 Å². The van der Waals surface area contributed by atoms with E-state index in [1.807, 2.05) is 48.7 Å². The summed E-state index contributed by atoms with van der Waals surface area (Å²) in [6, 6.07) is 16.5. The lowest BCUT2D eigenvalue weighted by Crippen LogP contribution is -2.33. The molecule has 0 radical (unpaired) electrons. The van der Waals surface area contributed by atoms with E-state index in [1.54, 1.807) is 0 Å². The minimum absolute atomic E-state index is 0.406. The van der Waals surface area contributed by atoms with Crippen molar-refractivity contribution in [3.63, 3.8) is 0 Å². The smallest absolute Gasteiger partial charge is 0.119 e. The number of aromatic nitrogens is 1. The Kier molecular flexibility index (Phi) is 6.75. The third kappa shape index (κ3) is 5.96. The summed E-state index contributed by atoms with van der Waals surface area (Å²) in [4.78, 5) is 4.41. The van der Waals surface area contributed by atoms with Crippen LogP contribution >= 0.6 is 0 Å². The van der Waals surface area contributed by atoms with E-state index in [2.05, 4.69) is 23.3 Å². The maximum Gasteiger partial charge on any atom is 0.119 e. The van der Waals surface area contributed by atoms with E-state index in [1.165, 1.54) is 0 Å². The van der Waals surface area contributed by atoms with Gasteiger partial charge in [-0.3, -0.25) is 4.98 Å². The van der Waals surface area contributed by atoms with Gasteiger partial charge in [0.05, 0.1) is 6.61 Å². The van der Waals surface area contributed by atoms with Gasteiger partial charge >= 0.3 is 0 Å². The molecule has 1 heterocycles. The number of nitrogens with one attached hydrogen (secondary N) is 1. The highest BCUT2D eigenvalue weighted by Gasteiger charge is 2.09. The number of benzene rings is 1. The second-order valence-corrected chi connectivity index (χ2v) is 5.13. The van der Waals surface area contributed by atoms with Crippen LogP contribution in [0.3, 0.4) is 0 Å². The quantitative estimate of drug-likeness (QED) is 0.765. The summed E-state index contributed by atoms with van der Waals surface area (Å²) in [5.41, 5.74) is 1.13. The molecule has 112 valence electrons. The Morgan fingerprint density at radius 3 is 2.62 bits per heavy atom. The van der Waals surface area contributed by atoms with Gasteiger partial charge in [0.2, 0.25) is 0 Å². The van der Waals surface area contributed by atoms with Crippen molar-refractivity contribution in [2.75, 3.05) is 13.2 Å². The lowest BCUT2D eigenvalue weighted by molar-refractivity contribution is 0.284. The molecular formula is C18H24N2O. The highest BCUT2D eigenvalue weighted by Crippen LogP contribution is 2.10. The van der Waals surface area contributed by atoms with E-state index < -0.39 is 0 Å². The Hall–Kier alpha value is -1.87. The predicted octanol–water partition coefficient (Wildman–Crippen LogP) is 3.46. The van der Waals surface area contributed by atoms with Gasteiger partial charge in [0.25, 0.3) is 0 Å². The lowest BCUT2D eigenvalue weighted by Gasteiger charge is -2.18. The van der Waals surface area contributed by atoms with Crippen LogP contribution in [0.15, 0.2) is 54.7 Å². The Morgan fingerprint density at radius 1 is 1.10 bits per heavy atom. The van der Waals surface area contributed by atoms with Gasteiger partial charge in [0.1, 0.15) is 5.75 Å². The molecule has 3 heteroatoms. The summed E-state index contributed by atoms with van der Waals surface area (Å²) in [5, 5.41) is 3.58. The molecule has 0 aliphatic heterocycles. The van der Waals surface area contributed by atoms with Gasteiger partial charge in [-0.05, 0) is 43.7 Å². The molecule has 21 heavy (non-hydrogen) atoms. The van der Waals surface area contributed by atoms with Crippen LogP contribution in [0, 0.1) is 0 Å². The lowest BCUT2D eigenvalue weighted by atomic mass is 10.1. The highest BCUT2D eigenvalue weighted by molar-refractivity contribution is 5.20. The van der Waals surface area contributed by atoms with Crippen LogP contribution in [-0.2, 0) is 6.42 Å². The van der Waals surface area contributed by atoms with Crippen molar-refractivity contribution < 1.29 is 4.74 Å². The van der Waals surface area contributed by atoms with E-state index in [4.69, 9.17) is 4.74 Å². The van der Waals surface area contributed by atoms with Gasteiger partial charge in [0.15, 0.2) is 0 Å². The molecule has 0 aliphatic carbocycles. The summed E-state index contributed by atoms with van der Waals surface area (Å²) < 4.78 is 5.79. The fourth-order valence-electron chi connectivity index (χ4n) is 2.23. The number of rotatable bonds is 9. The van der Waals surface area contributed by atoms with E-state index in [-0.39, 0.29) is 0 Å². The summed E-state index contributed by atoms with van der Waals surface area (Å²) >= 11 is 0. The third-order valence-corrected chi connectivity index (χ3v) is 3.34. The average molecular weight is 284 g/mol. The predicted molar refractivity (Wildman–Crippen MR) is 86.6 cm³/mol. The van der Waals surface area contributed by atoms with Crippen LogP contribution in [0.5, 0.6) is 5.75 Å². The first-order chi connectivity index (χ1) is 10.4. The maximum atomic E-state index is 5.79. The molecule has 1 aromatic carbocycles. The largest absolute Gasteiger partial charge is 0.494 e. The molecule has 0 saturated heterocycles. The highest BCUT2D eigenvalue weighted by atomic mass is 16.5. The topological polar surface area (TPSA) is 34.1 Å². The number of ether oxygens (including phenoxy) is 1. The average Bonchev–Trinajstić information content (AvgIpc) is 2.54. The summed E-state index contributed by atoms with van der Waals surface area (Å²) in [5.74, 6) is 0.935. The zero-order chi connectivity index (χ0) is 14.8. The molecule has 2 aromatic rings. The Balaban J connectivity index is 1.81. The van der Waals surface area contributed by atoms with Crippen molar-refractivity contribution in [1.29, 1.82) is 0 Å². The molecule has 0 bridgehead atoms. The summed E-state index contributed by atoms with van der Waals surface area (Å²) in [7, 11) is 0. The molecule has 1 atom stereocenters. The molecule has 0 saturated carbocycles. The number of hydrogen-bond donors (Lipinski definition) is 1. The van der Waals surface area contributed by atoms with Crippen LogP contribution in [0.25, 0.3) is 0 Å². The van der Waals surface area contributed by atoms with Gasteiger partial charge < -0.3 is 10.1 Å². The Morgan fingerprint density at radius 2 is 1.90 bits per heavy atom. The molecule has 0 spiro atoms. The standard InChI is InChI=1S/C18H24N2O/c1-2-12-19-17(15-16-8-6-7-13-20-16)11-14-21-18-9-4-3-5-10-18/h3-10,13,17,19H,2,11-12,14-15H2,1H3. The van der Waals surface area contributed by atoms with Gasteiger partial charge in [-0.2, -0.15) is 0 Å². The molecule has 1 aromatic heterocycles. The van der Waals surface area contributed by atoms with Crippen molar-refractivity contribution in [2.24, 2.45) is 0 Å². The monoisotopic (exact) mass is 284 g/mol. The molecule has 0 fully saturated rings. The normalized spacial score (nSPS) is 12.0. The third-order valence-electron chi connectivity index (χ3n) is 3.34. The van der Waals surface area contributed by atoms with Crippen LogP contribution in [0.2, 0.25) is 0 Å². The molecule has 1 unspecified atom stereocenters. The molecular weight excluding hydrogens is 260 g/mol. The van der Waals surface area contributed by atoms with Crippen molar-refractivity contribution in [1.82, 2.24) is 10.3 Å². The van der Waals surface area contributed by atoms with Crippen molar-refractivity contribution in [3.05, 3.63) is 60.4 Å². The zero-order valence-electron chi connectivity index (χ0n) is 12.7. The first kappa shape index (κ1) is 15.5. The molecule has 0 amide bonds. The first-order valence-electron chi connectivity index (χ1n) is 7.69. The number of pyridine rings is 1. The first-order valence-corrected chi connectivity index (χ1v) is 7.69. The summed E-state index contributed by atoms with van der Waals surface area (Å²) in [6.07, 6.45) is 4.91. The van der Waals surface area contributed by atoms with Crippen molar-refractivity contribution in [3.8, 4) is 5.75 Å². The zero-order valence-corrected chi connectivity index (χ0v) is 12.7. The fourth-order valence-corrected chi connectivity index (χ4v) is 2.23. The number of nitrogens with zero attached hydrogens (tertiary/aromatic N) is 1. The maximum absolute atomic E-state index is 5.79. The number of hydrogen-bond acceptors (Lipinski definition) is 3. The van der Waals surface area contributed by atoms with E-state index in [0.717, 1.165) is 43.9 Å². The van der Waals surface area contributed by atoms with Gasteiger partial charge in [-0.1, -0.05) is 31.2 Å². The second kappa shape index (κ2) is 9.14. The van der Waals surface area contributed by atoms with Gasteiger partial charge in [0, 0.05) is 24.4 Å². The minimum Gasteiger partial charge on any atom is -0.494 e. The SMILES string of the molecule is CCCNC(CCOc1ccccc1)Cc1ccccn1. The Labute approximate surface area is 127 Å². The minimum atomic E-state index is 0.406. The molecule has 3 nitrogen and oxygen atoms in total. The number of para-hydroxylation sites is 1. The van der Waals surface area contributed by atoms with E-state index in [0.29, 0.717) is 6.04 Å². The van der Waals surface area contributed by atoms with Crippen LogP contribution in [0.4, 0.5) is 0 Å². The van der Waals surface area contributed by atoms with Crippen LogP contribution < -0.4 is 10.1 Å². The molecule has 1 N–H and O–H groups in total. The van der Waals surface area contributed by atoms with Gasteiger partial charge in [-0.25, -0.2) is 0 Å². The summed E-state index contributed by atoms with van der Waals surface area (Å²) in [6.45, 7) is 3.94. The van der Waals surface area contributed by atoms with Crippen molar-refractivity contribution >= 4 is 0 Å². The molecule has 0 aliphatic rings. The molecule has 2 rings (SSSR count). The second-order valence-electron chi connectivity index (χ2n) is 5.13. The van der Waals surface area contributed by atoms with E-state index in [9.17, 15) is 0 Å². The van der Waals surface area contributed by atoms with Gasteiger partial charge in [-0.15, -0.1) is 0 Å². The Bertz CT molecular complexity index is 487. The van der Waals surface area contributed by atoms with E-state index >= 15 is 0 Å². The van der Waals surface area contributed by atoms with Crippen molar-refractivity contribution in [2.45, 2.75) is 32.2 Å².